The predicted octanol–water partition coefficient (Wildman–Crippen LogP) is 4.92. The van der Waals surface area contributed by atoms with Gasteiger partial charge in [0.1, 0.15) is 11.6 Å². The van der Waals surface area contributed by atoms with E-state index in [0.29, 0.717) is 10.8 Å². The third kappa shape index (κ3) is 7.71. The van der Waals surface area contributed by atoms with E-state index in [9.17, 15) is 36.0 Å². The number of nitrogens with two attached hydrogens (primary N) is 1. The molecule has 0 fully saturated rings. The first-order chi connectivity index (χ1) is 22.5. The second-order valence-corrected chi connectivity index (χ2v) is 12.9. The van der Waals surface area contributed by atoms with Crippen LogP contribution in [0.4, 0.5) is 30.4 Å². The lowest BCUT2D eigenvalue weighted by Crippen LogP contribution is -2.54. The molecule has 254 valence electrons. The first kappa shape index (κ1) is 35.8. The fourth-order valence-electron chi connectivity index (χ4n) is 4.71. The fraction of sp³-hybridized carbons (Fsp3) is 0.226. The zero-order chi connectivity index (χ0) is 35.4. The maximum Gasteiger partial charge on any atom is 0.491 e. The summed E-state index contributed by atoms with van der Waals surface area (Å²) in [5.41, 5.74) is 2.80. The van der Waals surface area contributed by atoms with Crippen molar-refractivity contribution in [1.82, 2.24) is 10.3 Å². The van der Waals surface area contributed by atoms with Crippen molar-refractivity contribution in [2.45, 2.75) is 37.2 Å². The molecule has 0 aliphatic carbocycles. The van der Waals surface area contributed by atoms with Gasteiger partial charge in [-0.15, -0.1) is 0 Å². The number of hydrogen-bond acceptors (Lipinski definition) is 10. The van der Waals surface area contributed by atoms with Crippen LogP contribution in [0.3, 0.4) is 0 Å². The zero-order valence-electron chi connectivity index (χ0n) is 25.6. The highest BCUT2D eigenvalue weighted by atomic mass is 35.5. The molecule has 0 radical (unpaired) electrons. The molecule has 3 aromatic carbocycles. The molecule has 48 heavy (non-hydrogen) atoms. The number of anilines is 3. The van der Waals surface area contributed by atoms with Gasteiger partial charge in [-0.05, 0) is 65.5 Å². The number of methoxy groups -OCH3 is 1. The van der Waals surface area contributed by atoms with Gasteiger partial charge < -0.3 is 31.2 Å². The maximum atomic E-state index is 14.3. The normalized spacial score (nSPS) is 12.9. The third-order valence-electron chi connectivity index (χ3n) is 7.01. The average Bonchev–Trinajstić information content (AvgIpc) is 3.02. The van der Waals surface area contributed by atoms with Crippen molar-refractivity contribution in [1.29, 1.82) is 0 Å². The van der Waals surface area contributed by atoms with E-state index < -0.39 is 46.1 Å². The Bertz CT molecular complexity index is 2010. The van der Waals surface area contributed by atoms with Crippen molar-refractivity contribution >= 4 is 67.2 Å². The number of alkyl halides is 3. The number of halogens is 4. The summed E-state index contributed by atoms with van der Waals surface area (Å²) in [4.78, 5) is 42.2. The number of nitrogen functional groups attached to an aromatic ring is 1. The SMILES string of the molecule is CCS(=O)(=O)c1ccc(NC(C)=O)cc1CNC(=O)C(Nc1ccc2c(N)nccc2c1)(OC(=O)C(F)(F)F)c1ccc(Cl)c(OC)c1. The van der Waals surface area contributed by atoms with Crippen molar-refractivity contribution in [3.63, 3.8) is 0 Å². The van der Waals surface area contributed by atoms with Crippen molar-refractivity contribution in [3.8, 4) is 5.75 Å². The van der Waals surface area contributed by atoms with E-state index in [4.69, 9.17) is 26.8 Å². The minimum absolute atomic E-state index is 0.00838. The average molecular weight is 708 g/mol. The van der Waals surface area contributed by atoms with Crippen LogP contribution in [0.5, 0.6) is 5.75 Å². The van der Waals surface area contributed by atoms with Crippen molar-refractivity contribution < 1.29 is 45.4 Å². The molecule has 5 N–H and O–H groups in total. The number of carbonyl (C=O) groups is 3. The van der Waals surface area contributed by atoms with E-state index in [0.717, 1.165) is 12.1 Å². The van der Waals surface area contributed by atoms with E-state index in [1.807, 2.05) is 0 Å². The van der Waals surface area contributed by atoms with Gasteiger partial charge in [0.25, 0.3) is 11.6 Å². The molecule has 0 aliphatic rings. The monoisotopic (exact) mass is 707 g/mol. The van der Waals surface area contributed by atoms with Crippen LogP contribution >= 0.6 is 11.6 Å². The molecule has 1 aromatic heterocycles. The standard InChI is InChI=1S/C31H29ClF3N5O7S/c1-4-48(44,45)26-10-7-21(39-17(2)41)14-19(26)16-38-28(42)30(47-29(43)31(33,34)35,20-5-9-24(32)25(15-20)46-3)40-22-6-8-23-18(13-22)11-12-37-27(23)36/h5-15,40H,4,16H2,1-3H3,(H2,36,37)(H,38,42)(H,39,41). The summed E-state index contributed by atoms with van der Waals surface area (Å²) in [6.45, 7) is 2.02. The van der Waals surface area contributed by atoms with Crippen molar-refractivity contribution in [2.75, 3.05) is 29.2 Å². The van der Waals surface area contributed by atoms with Gasteiger partial charge >= 0.3 is 12.1 Å². The molecular formula is C31H29ClF3N5O7S. The van der Waals surface area contributed by atoms with Gasteiger partial charge in [0.05, 0.1) is 22.8 Å². The van der Waals surface area contributed by atoms with E-state index in [-0.39, 0.29) is 49.7 Å². The molecule has 0 bridgehead atoms. The number of nitrogens with one attached hydrogen (secondary N) is 3. The highest BCUT2D eigenvalue weighted by Gasteiger charge is 2.52. The molecule has 1 heterocycles. The minimum Gasteiger partial charge on any atom is -0.495 e. The Hall–Kier alpha value is -5.09. The first-order valence-electron chi connectivity index (χ1n) is 14.0. The van der Waals surface area contributed by atoms with Crippen molar-refractivity contribution in [3.05, 3.63) is 83.0 Å². The number of carbonyl (C=O) groups excluding carboxylic acids is 3. The van der Waals surface area contributed by atoms with Crippen LogP contribution in [-0.2, 0) is 41.2 Å². The van der Waals surface area contributed by atoms with Gasteiger partial charge in [0, 0.05) is 42.0 Å². The summed E-state index contributed by atoms with van der Waals surface area (Å²) < 4.78 is 77.4. The molecule has 4 rings (SSSR count). The molecule has 1 atom stereocenters. The Labute approximate surface area is 277 Å². The Morgan fingerprint density at radius 3 is 2.35 bits per heavy atom. The van der Waals surface area contributed by atoms with E-state index in [1.165, 1.54) is 69.6 Å². The lowest BCUT2D eigenvalue weighted by Gasteiger charge is -2.34. The summed E-state index contributed by atoms with van der Waals surface area (Å²) in [5.74, 6) is -4.78. The van der Waals surface area contributed by atoms with Crippen LogP contribution < -0.4 is 26.4 Å². The number of esters is 1. The second kappa shape index (κ2) is 13.9. The fourth-order valence-corrected chi connectivity index (χ4v) is 6.02. The largest absolute Gasteiger partial charge is 0.495 e. The van der Waals surface area contributed by atoms with Gasteiger partial charge in [-0.3, -0.25) is 9.59 Å². The summed E-state index contributed by atoms with van der Waals surface area (Å²) in [5, 5.41) is 8.53. The molecule has 2 amide bonds. The Kier molecular flexibility index (Phi) is 10.4. The Morgan fingerprint density at radius 1 is 1.00 bits per heavy atom. The minimum atomic E-state index is -5.55. The predicted molar refractivity (Wildman–Crippen MR) is 172 cm³/mol. The molecule has 0 saturated carbocycles. The highest BCUT2D eigenvalue weighted by Crippen LogP contribution is 2.37. The summed E-state index contributed by atoms with van der Waals surface area (Å²) in [6.07, 6.45) is -4.16. The van der Waals surface area contributed by atoms with Gasteiger partial charge in [-0.25, -0.2) is 18.2 Å². The number of fused-ring (bicyclic) bond motifs is 1. The van der Waals surface area contributed by atoms with E-state index in [1.54, 1.807) is 6.07 Å². The quantitative estimate of drug-likeness (QED) is 0.124. The van der Waals surface area contributed by atoms with Crippen LogP contribution in [-0.4, -0.2) is 50.2 Å². The topological polar surface area (TPSA) is 179 Å². The Balaban J connectivity index is 1.90. The van der Waals surface area contributed by atoms with Gasteiger partial charge in [-0.1, -0.05) is 24.6 Å². The highest BCUT2D eigenvalue weighted by molar-refractivity contribution is 7.91. The van der Waals surface area contributed by atoms with Gasteiger partial charge in [0.2, 0.25) is 5.91 Å². The number of sulfone groups is 1. The summed E-state index contributed by atoms with van der Waals surface area (Å²) >= 11 is 6.17. The second-order valence-electron chi connectivity index (χ2n) is 10.3. The van der Waals surface area contributed by atoms with Crippen molar-refractivity contribution in [2.24, 2.45) is 0 Å². The zero-order valence-corrected chi connectivity index (χ0v) is 27.1. The molecule has 0 saturated heterocycles. The van der Waals surface area contributed by atoms with Crippen LogP contribution in [0, 0.1) is 0 Å². The van der Waals surface area contributed by atoms with Crippen LogP contribution in [0.1, 0.15) is 25.0 Å². The molecular weight excluding hydrogens is 679 g/mol. The number of rotatable bonds is 11. The number of benzene rings is 3. The maximum absolute atomic E-state index is 14.3. The van der Waals surface area contributed by atoms with Crippen LogP contribution in [0.25, 0.3) is 10.8 Å². The molecule has 12 nitrogen and oxygen atoms in total. The molecule has 0 aliphatic heterocycles. The van der Waals surface area contributed by atoms with Gasteiger partial charge in [-0.2, -0.15) is 13.2 Å². The number of amides is 2. The Morgan fingerprint density at radius 2 is 1.71 bits per heavy atom. The molecule has 4 aromatic rings. The summed E-state index contributed by atoms with van der Waals surface area (Å²) in [7, 11) is -2.67. The lowest BCUT2D eigenvalue weighted by atomic mass is 9.99. The molecule has 0 spiro atoms. The van der Waals surface area contributed by atoms with E-state index >= 15 is 0 Å². The van der Waals surface area contributed by atoms with Crippen LogP contribution in [0.15, 0.2) is 71.8 Å². The number of ether oxygens (including phenoxy) is 2. The van der Waals surface area contributed by atoms with Crippen LogP contribution in [0.2, 0.25) is 5.02 Å². The third-order valence-corrected chi connectivity index (χ3v) is 9.15. The number of nitrogens with zero attached hydrogens (tertiary/aromatic N) is 1. The van der Waals surface area contributed by atoms with E-state index in [2.05, 4.69) is 20.9 Å². The lowest BCUT2D eigenvalue weighted by molar-refractivity contribution is -0.213. The molecule has 17 heteroatoms. The number of aromatic nitrogens is 1. The first-order valence-corrected chi connectivity index (χ1v) is 16.0. The number of pyridine rings is 1. The smallest absolute Gasteiger partial charge is 0.491 e. The number of hydrogen-bond donors (Lipinski definition) is 4. The summed E-state index contributed by atoms with van der Waals surface area (Å²) in [6, 6.07) is 13.2. The van der Waals surface area contributed by atoms with Gasteiger partial charge in [0.15, 0.2) is 9.84 Å². The molecule has 1 unspecified atom stereocenters.